The second-order valence-electron chi connectivity index (χ2n) is 8.73. The van der Waals surface area contributed by atoms with Gasteiger partial charge in [-0.3, -0.25) is 0 Å². The molecule has 1 N–H and O–H groups in total. The van der Waals surface area contributed by atoms with Gasteiger partial charge in [-0.2, -0.15) is 0 Å². The van der Waals surface area contributed by atoms with Crippen molar-refractivity contribution in [3.8, 4) is 11.3 Å². The van der Waals surface area contributed by atoms with Crippen LogP contribution in [0.15, 0.2) is 60.7 Å². The maximum atomic E-state index is 13.4. The van der Waals surface area contributed by atoms with Crippen LogP contribution in [0.25, 0.3) is 22.3 Å². The van der Waals surface area contributed by atoms with Crippen LogP contribution in [0.2, 0.25) is 0 Å². The van der Waals surface area contributed by atoms with Crippen LogP contribution >= 0.6 is 11.6 Å². The number of rotatable bonds is 5. The molecule has 2 amide bonds. The van der Waals surface area contributed by atoms with Crippen LogP contribution in [-0.2, 0) is 12.4 Å². The van der Waals surface area contributed by atoms with Crippen LogP contribution in [0.3, 0.4) is 0 Å². The van der Waals surface area contributed by atoms with E-state index in [-0.39, 0.29) is 17.7 Å². The van der Waals surface area contributed by atoms with Gasteiger partial charge in [0.15, 0.2) is 5.82 Å². The van der Waals surface area contributed by atoms with E-state index in [1.807, 2.05) is 48.2 Å². The van der Waals surface area contributed by atoms with Gasteiger partial charge in [-0.05, 0) is 54.4 Å². The van der Waals surface area contributed by atoms with E-state index < -0.39 is 0 Å². The van der Waals surface area contributed by atoms with Crippen molar-refractivity contribution >= 4 is 34.5 Å². The van der Waals surface area contributed by atoms with E-state index in [1.165, 1.54) is 12.1 Å². The van der Waals surface area contributed by atoms with Gasteiger partial charge < -0.3 is 15.1 Å². The summed E-state index contributed by atoms with van der Waals surface area (Å²) in [6.45, 7) is 4.86. The van der Waals surface area contributed by atoms with Crippen LogP contribution in [0, 0.1) is 12.7 Å². The van der Waals surface area contributed by atoms with Crippen LogP contribution in [0.5, 0.6) is 0 Å². The minimum atomic E-state index is -0.295. The maximum Gasteiger partial charge on any atom is 0.317 e. The van der Waals surface area contributed by atoms with Crippen molar-refractivity contribution in [1.82, 2.24) is 25.2 Å². The lowest BCUT2D eigenvalue weighted by atomic mass is 10.1. The zero-order chi connectivity index (χ0) is 25.1. The minimum absolute atomic E-state index is 0.0800. The second kappa shape index (κ2) is 10.5. The number of carbonyl (C=O) groups is 1. The molecule has 7 nitrogen and oxygen atoms in total. The lowest BCUT2D eigenvalue weighted by molar-refractivity contribution is 0.194. The summed E-state index contributed by atoms with van der Waals surface area (Å²) in [5, 5.41) is 3.03. The molecule has 3 heterocycles. The number of aryl methyl sites for hydroxylation is 1. The smallest absolute Gasteiger partial charge is 0.317 e. The molecule has 0 bridgehead atoms. The number of pyridine rings is 1. The number of hydrogen-bond acceptors (Lipinski definition) is 5. The van der Waals surface area contributed by atoms with Crippen molar-refractivity contribution < 1.29 is 9.18 Å². The molecule has 1 saturated heterocycles. The number of hydrogen-bond donors (Lipinski definition) is 1. The van der Waals surface area contributed by atoms with Crippen LogP contribution < -0.4 is 10.2 Å². The molecular weight excluding hydrogens is 479 g/mol. The molecule has 0 unspecified atom stereocenters. The van der Waals surface area contributed by atoms with Crippen LogP contribution in [0.1, 0.15) is 17.0 Å². The fourth-order valence-electron chi connectivity index (χ4n) is 4.32. The normalized spacial score (nSPS) is 13.8. The van der Waals surface area contributed by atoms with Crippen molar-refractivity contribution in [3.63, 3.8) is 0 Å². The van der Waals surface area contributed by atoms with Crippen molar-refractivity contribution in [2.45, 2.75) is 19.3 Å². The lowest BCUT2D eigenvalue weighted by Gasteiger charge is -2.35. The number of halogens is 2. The largest absolute Gasteiger partial charge is 0.351 e. The topological polar surface area (TPSA) is 74.2 Å². The molecule has 1 fully saturated rings. The molecule has 0 saturated carbocycles. The number of nitrogens with zero attached hydrogens (tertiary/aromatic N) is 5. The molecule has 184 valence electrons. The highest BCUT2D eigenvalue weighted by Crippen LogP contribution is 2.27. The van der Waals surface area contributed by atoms with Gasteiger partial charge in [-0.25, -0.2) is 24.1 Å². The first-order valence-corrected chi connectivity index (χ1v) is 12.4. The standard InChI is InChI=1S/C27H26ClFN6O/c1-18-4-2-3-5-20(18)17-30-27(36)35-14-12-34(13-15-35)26-25-23(31-24(16-28)33-26)11-10-22(32-25)19-6-8-21(29)9-7-19/h2-11H,12-17H2,1H3,(H,30,36). The highest BCUT2D eigenvalue weighted by Gasteiger charge is 2.24. The van der Waals surface area contributed by atoms with E-state index >= 15 is 0 Å². The molecule has 0 aliphatic carbocycles. The predicted octanol–water partition coefficient (Wildman–Crippen LogP) is 4.91. The van der Waals surface area contributed by atoms with Gasteiger partial charge in [0.25, 0.3) is 0 Å². The number of alkyl halides is 1. The van der Waals surface area contributed by atoms with E-state index in [9.17, 15) is 9.18 Å². The first-order chi connectivity index (χ1) is 17.5. The van der Waals surface area contributed by atoms with Gasteiger partial charge in [0.2, 0.25) is 0 Å². The third-order valence-electron chi connectivity index (χ3n) is 6.39. The Bertz CT molecular complexity index is 1390. The summed E-state index contributed by atoms with van der Waals surface area (Å²) in [6.07, 6.45) is 0. The molecule has 0 spiro atoms. The molecular formula is C27H26ClFN6O. The average Bonchev–Trinajstić information content (AvgIpc) is 2.92. The highest BCUT2D eigenvalue weighted by atomic mass is 35.5. The first kappa shape index (κ1) is 23.9. The third-order valence-corrected chi connectivity index (χ3v) is 6.63. The molecule has 2 aromatic carbocycles. The van der Waals surface area contributed by atoms with Gasteiger partial charge >= 0.3 is 6.03 Å². The Morgan fingerprint density at radius 2 is 1.72 bits per heavy atom. The van der Waals surface area contributed by atoms with Crippen LogP contribution in [0.4, 0.5) is 15.0 Å². The van der Waals surface area contributed by atoms with E-state index in [1.54, 1.807) is 12.1 Å². The Hall–Kier alpha value is -3.78. The summed E-state index contributed by atoms with van der Waals surface area (Å²) < 4.78 is 13.4. The van der Waals surface area contributed by atoms with E-state index in [4.69, 9.17) is 16.6 Å². The molecule has 0 radical (unpaired) electrons. The average molecular weight is 505 g/mol. The number of carbonyl (C=O) groups excluding carboxylic acids is 1. The van der Waals surface area contributed by atoms with Gasteiger partial charge in [0.1, 0.15) is 17.2 Å². The zero-order valence-corrected chi connectivity index (χ0v) is 20.7. The SMILES string of the molecule is Cc1ccccc1CNC(=O)N1CCN(c2nc(CCl)nc3ccc(-c4ccc(F)cc4)nc23)CC1. The van der Waals surface area contributed by atoms with Crippen molar-refractivity contribution in [3.05, 3.63) is 83.4 Å². The number of nitrogens with one attached hydrogen (secondary N) is 1. The van der Waals surface area contributed by atoms with Crippen molar-refractivity contribution in [1.29, 1.82) is 0 Å². The Labute approximate surface area is 213 Å². The number of anilines is 1. The Morgan fingerprint density at radius 3 is 2.44 bits per heavy atom. The predicted molar refractivity (Wildman–Crippen MR) is 139 cm³/mol. The van der Waals surface area contributed by atoms with Gasteiger partial charge in [0, 0.05) is 38.3 Å². The number of piperazine rings is 1. The summed E-state index contributed by atoms with van der Waals surface area (Å²) in [5.41, 5.74) is 5.12. The van der Waals surface area contributed by atoms with Gasteiger partial charge in [-0.15, -0.1) is 11.6 Å². The number of urea groups is 1. The van der Waals surface area contributed by atoms with E-state index in [2.05, 4.69) is 20.2 Å². The van der Waals surface area contributed by atoms with Gasteiger partial charge in [-0.1, -0.05) is 24.3 Å². The lowest BCUT2D eigenvalue weighted by Crippen LogP contribution is -2.52. The summed E-state index contributed by atoms with van der Waals surface area (Å²) >= 11 is 6.08. The number of amides is 2. The molecule has 1 aliphatic heterocycles. The van der Waals surface area contributed by atoms with Gasteiger partial charge in [0.05, 0.1) is 17.1 Å². The summed E-state index contributed by atoms with van der Waals surface area (Å²) in [5.74, 6) is 1.11. The number of benzene rings is 2. The molecule has 1 aliphatic rings. The molecule has 36 heavy (non-hydrogen) atoms. The third kappa shape index (κ3) is 5.09. The van der Waals surface area contributed by atoms with Crippen molar-refractivity contribution in [2.24, 2.45) is 0 Å². The molecule has 4 aromatic rings. The summed E-state index contributed by atoms with van der Waals surface area (Å²) in [6, 6.07) is 17.9. The summed E-state index contributed by atoms with van der Waals surface area (Å²) in [4.78, 5) is 30.8. The van der Waals surface area contributed by atoms with E-state index in [0.29, 0.717) is 61.1 Å². The van der Waals surface area contributed by atoms with Crippen LogP contribution in [-0.4, -0.2) is 52.1 Å². The van der Waals surface area contributed by atoms with Crippen molar-refractivity contribution in [2.75, 3.05) is 31.1 Å². The second-order valence-corrected chi connectivity index (χ2v) is 8.99. The molecule has 2 aromatic heterocycles. The molecule has 5 rings (SSSR count). The Morgan fingerprint density at radius 1 is 0.972 bits per heavy atom. The molecule has 0 atom stereocenters. The monoisotopic (exact) mass is 504 g/mol. The van der Waals surface area contributed by atoms with E-state index in [0.717, 1.165) is 16.7 Å². The summed E-state index contributed by atoms with van der Waals surface area (Å²) in [7, 11) is 0. The fraction of sp³-hybridized carbons (Fsp3) is 0.259. The highest BCUT2D eigenvalue weighted by molar-refractivity contribution is 6.16. The first-order valence-electron chi connectivity index (χ1n) is 11.8. The number of fused-ring (bicyclic) bond motifs is 1. The maximum absolute atomic E-state index is 13.4. The minimum Gasteiger partial charge on any atom is -0.351 e. The zero-order valence-electron chi connectivity index (χ0n) is 19.9. The Kier molecular flexibility index (Phi) is 6.95. The number of aromatic nitrogens is 3. The molecule has 9 heteroatoms. The quantitative estimate of drug-likeness (QED) is 0.391. The Balaban J connectivity index is 1.33. The fourth-order valence-corrected chi connectivity index (χ4v) is 4.44.